The second-order valence-corrected chi connectivity index (χ2v) is 10.9. The highest BCUT2D eigenvalue weighted by Crippen LogP contribution is 2.29. The second-order valence-electron chi connectivity index (χ2n) is 10.9. The van der Waals surface area contributed by atoms with Gasteiger partial charge < -0.3 is 24.4 Å². The number of carbonyl (C=O) groups excluding carboxylic acids is 1. The van der Waals surface area contributed by atoms with Gasteiger partial charge >= 0.3 is 0 Å². The number of ether oxygens (including phenoxy) is 2. The monoisotopic (exact) mass is 526 g/mol. The second kappa shape index (κ2) is 14.5. The standard InChI is InChI=1S/C30H46N4O4/c1-22-18-34(23(2)21-35)30(36)27-17-26(32(4)5)10-11-28(27)38-24(3)9-7-8-16-37-29(22)20-33(6)19-25-12-14-31-15-13-25/h10-15,17,22-24,29,35H,7-9,16,18-21H2,1-6H3/t22-,23-,24-,29+/m1/s1. The first kappa shape index (κ1) is 29.9. The Hall–Kier alpha value is -2.68. The predicted molar refractivity (Wildman–Crippen MR) is 152 cm³/mol. The van der Waals surface area contributed by atoms with Crippen LogP contribution in [0.25, 0.3) is 0 Å². The Labute approximate surface area is 228 Å². The third-order valence-corrected chi connectivity index (χ3v) is 7.24. The zero-order valence-electron chi connectivity index (χ0n) is 24.0. The Bertz CT molecular complexity index is 1000. The summed E-state index contributed by atoms with van der Waals surface area (Å²) >= 11 is 0. The van der Waals surface area contributed by atoms with Gasteiger partial charge in [-0.2, -0.15) is 0 Å². The minimum absolute atomic E-state index is 0.0281. The maximum atomic E-state index is 14.1. The van der Waals surface area contributed by atoms with E-state index in [1.54, 1.807) is 4.90 Å². The fourth-order valence-corrected chi connectivity index (χ4v) is 4.82. The lowest BCUT2D eigenvalue weighted by atomic mass is 10.0. The Morgan fingerprint density at radius 3 is 2.55 bits per heavy atom. The molecule has 4 atom stereocenters. The van der Waals surface area contributed by atoms with E-state index < -0.39 is 0 Å². The molecule has 3 rings (SSSR count). The van der Waals surface area contributed by atoms with Crippen LogP contribution in [0.1, 0.15) is 56.0 Å². The molecule has 8 nitrogen and oxygen atoms in total. The Morgan fingerprint density at radius 2 is 1.87 bits per heavy atom. The average Bonchev–Trinajstić information content (AvgIpc) is 2.90. The van der Waals surface area contributed by atoms with E-state index in [1.165, 1.54) is 5.56 Å². The minimum atomic E-state index is -0.346. The SMILES string of the molecule is C[C@@H]1CCCCO[C@@H](CN(C)Cc2ccncc2)[C@H](C)CN([C@H](C)CO)C(=O)c2cc(N(C)C)ccc2O1. The zero-order chi connectivity index (χ0) is 27.7. The molecule has 0 radical (unpaired) electrons. The fraction of sp³-hybridized carbons (Fsp3) is 0.600. The molecule has 0 bridgehead atoms. The van der Waals surface area contributed by atoms with Crippen LogP contribution in [0.5, 0.6) is 5.75 Å². The molecule has 210 valence electrons. The fourth-order valence-electron chi connectivity index (χ4n) is 4.82. The molecule has 8 heteroatoms. The van der Waals surface area contributed by atoms with Crippen LogP contribution in [0.15, 0.2) is 42.7 Å². The molecular formula is C30H46N4O4. The first-order chi connectivity index (χ1) is 18.2. The van der Waals surface area contributed by atoms with E-state index in [4.69, 9.17) is 9.47 Å². The van der Waals surface area contributed by atoms with E-state index in [0.717, 1.165) is 38.0 Å². The van der Waals surface area contributed by atoms with Crippen molar-refractivity contribution in [3.05, 3.63) is 53.9 Å². The highest BCUT2D eigenvalue weighted by atomic mass is 16.5. The zero-order valence-corrected chi connectivity index (χ0v) is 24.0. The molecule has 2 aromatic rings. The summed E-state index contributed by atoms with van der Waals surface area (Å²) in [4.78, 5) is 24.2. The number of hydrogen-bond acceptors (Lipinski definition) is 7. The molecule has 0 unspecified atom stereocenters. The topological polar surface area (TPSA) is 78.4 Å². The van der Waals surface area contributed by atoms with Crippen molar-refractivity contribution >= 4 is 11.6 Å². The van der Waals surface area contributed by atoms with Crippen molar-refractivity contribution < 1.29 is 19.4 Å². The van der Waals surface area contributed by atoms with Crippen LogP contribution in [-0.4, -0.2) is 91.5 Å². The van der Waals surface area contributed by atoms with Crippen LogP contribution in [0.3, 0.4) is 0 Å². The van der Waals surface area contributed by atoms with E-state index in [-0.39, 0.29) is 36.7 Å². The summed E-state index contributed by atoms with van der Waals surface area (Å²) in [5, 5.41) is 10.1. The lowest BCUT2D eigenvalue weighted by molar-refractivity contribution is -0.0177. The van der Waals surface area contributed by atoms with Crippen LogP contribution in [0.4, 0.5) is 5.69 Å². The van der Waals surface area contributed by atoms with Gasteiger partial charge in [-0.3, -0.25) is 14.7 Å². The first-order valence-corrected chi connectivity index (χ1v) is 13.8. The van der Waals surface area contributed by atoms with Gasteiger partial charge in [0.2, 0.25) is 0 Å². The van der Waals surface area contributed by atoms with Gasteiger partial charge in [-0.1, -0.05) is 6.92 Å². The van der Waals surface area contributed by atoms with Gasteiger partial charge in [0.1, 0.15) is 5.75 Å². The number of aliphatic hydroxyl groups excluding tert-OH is 1. The van der Waals surface area contributed by atoms with E-state index in [1.807, 2.05) is 75.6 Å². The molecule has 0 saturated carbocycles. The van der Waals surface area contributed by atoms with Crippen LogP contribution >= 0.6 is 0 Å². The van der Waals surface area contributed by atoms with Gasteiger partial charge in [0.15, 0.2) is 0 Å². The molecule has 1 N–H and O–H groups in total. The van der Waals surface area contributed by atoms with Crippen molar-refractivity contribution in [1.82, 2.24) is 14.8 Å². The summed E-state index contributed by atoms with van der Waals surface area (Å²) in [5.41, 5.74) is 2.65. The number of aromatic nitrogens is 1. The quantitative estimate of drug-likeness (QED) is 0.583. The average molecular weight is 527 g/mol. The predicted octanol–water partition coefficient (Wildman–Crippen LogP) is 4.08. The van der Waals surface area contributed by atoms with E-state index in [2.05, 4.69) is 23.9 Å². The van der Waals surface area contributed by atoms with E-state index in [0.29, 0.717) is 24.5 Å². The maximum Gasteiger partial charge on any atom is 0.258 e. The van der Waals surface area contributed by atoms with Crippen LogP contribution < -0.4 is 9.64 Å². The third kappa shape index (κ3) is 8.41. The summed E-state index contributed by atoms with van der Waals surface area (Å²) in [5.74, 6) is 0.513. The van der Waals surface area contributed by atoms with Crippen LogP contribution in [0.2, 0.25) is 0 Å². The summed E-state index contributed by atoms with van der Waals surface area (Å²) in [6.45, 7) is 8.61. The van der Waals surface area contributed by atoms with Crippen molar-refractivity contribution in [3.8, 4) is 5.75 Å². The molecule has 0 fully saturated rings. The first-order valence-electron chi connectivity index (χ1n) is 13.8. The minimum Gasteiger partial charge on any atom is -0.490 e. The van der Waals surface area contributed by atoms with E-state index >= 15 is 0 Å². The summed E-state index contributed by atoms with van der Waals surface area (Å²) in [7, 11) is 6.01. The van der Waals surface area contributed by atoms with Gasteiger partial charge in [-0.05, 0) is 76.1 Å². The van der Waals surface area contributed by atoms with Gasteiger partial charge in [0.25, 0.3) is 5.91 Å². The third-order valence-electron chi connectivity index (χ3n) is 7.24. The summed E-state index contributed by atoms with van der Waals surface area (Å²) < 4.78 is 12.7. The van der Waals surface area contributed by atoms with Crippen molar-refractivity contribution in [2.45, 2.75) is 64.8 Å². The van der Waals surface area contributed by atoms with Crippen molar-refractivity contribution in [2.75, 3.05) is 52.3 Å². The number of aliphatic hydroxyl groups is 1. The number of hydrogen-bond donors (Lipinski definition) is 1. The number of anilines is 1. The maximum absolute atomic E-state index is 14.1. The molecular weight excluding hydrogens is 480 g/mol. The highest BCUT2D eigenvalue weighted by Gasteiger charge is 2.30. The lowest BCUT2D eigenvalue weighted by Gasteiger charge is -2.36. The number of pyridine rings is 1. The van der Waals surface area contributed by atoms with Crippen LogP contribution in [-0.2, 0) is 11.3 Å². The number of likely N-dealkylation sites (N-methyl/N-ethyl adjacent to an activating group) is 1. The van der Waals surface area contributed by atoms with Gasteiger partial charge in [-0.25, -0.2) is 0 Å². The molecule has 1 aromatic heterocycles. The lowest BCUT2D eigenvalue weighted by Crippen LogP contribution is -2.47. The Kier molecular flexibility index (Phi) is 11.4. The smallest absolute Gasteiger partial charge is 0.258 e. The van der Waals surface area contributed by atoms with Gasteiger partial charge in [-0.15, -0.1) is 0 Å². The molecule has 0 spiro atoms. The molecule has 0 saturated heterocycles. The normalized spacial score (nSPS) is 22.4. The number of carbonyl (C=O) groups is 1. The largest absolute Gasteiger partial charge is 0.490 e. The molecule has 1 aliphatic heterocycles. The number of amides is 1. The molecule has 0 aliphatic carbocycles. The van der Waals surface area contributed by atoms with Gasteiger partial charge in [0.05, 0.1) is 30.4 Å². The van der Waals surface area contributed by atoms with Crippen molar-refractivity contribution in [3.63, 3.8) is 0 Å². The molecule has 1 aromatic carbocycles. The van der Waals surface area contributed by atoms with E-state index in [9.17, 15) is 9.90 Å². The molecule has 1 amide bonds. The number of benzene rings is 1. The Morgan fingerprint density at radius 1 is 1.13 bits per heavy atom. The molecule has 2 heterocycles. The molecule has 1 aliphatic rings. The highest BCUT2D eigenvalue weighted by molar-refractivity contribution is 5.98. The van der Waals surface area contributed by atoms with Crippen molar-refractivity contribution in [1.29, 1.82) is 0 Å². The summed E-state index contributed by atoms with van der Waals surface area (Å²) in [6.07, 6.45) is 6.36. The summed E-state index contributed by atoms with van der Waals surface area (Å²) in [6, 6.07) is 9.49. The van der Waals surface area contributed by atoms with Crippen molar-refractivity contribution in [2.24, 2.45) is 5.92 Å². The Balaban J connectivity index is 1.90. The molecule has 38 heavy (non-hydrogen) atoms. The number of rotatable bonds is 7. The van der Waals surface area contributed by atoms with Crippen LogP contribution in [0, 0.1) is 5.92 Å². The number of fused-ring (bicyclic) bond motifs is 1. The van der Waals surface area contributed by atoms with Gasteiger partial charge in [0, 0.05) is 64.3 Å². The number of nitrogens with zero attached hydrogens (tertiary/aromatic N) is 4.